The first kappa shape index (κ1) is 18.4. The fraction of sp³-hybridized carbons (Fsp3) is 0.625. The fourth-order valence-electron chi connectivity index (χ4n) is 2.95. The Morgan fingerprint density at radius 3 is 2.43 bits per heavy atom. The van der Waals surface area contributed by atoms with Gasteiger partial charge in [-0.1, -0.05) is 12.5 Å². The van der Waals surface area contributed by atoms with Gasteiger partial charge >= 0.3 is 0 Å². The van der Waals surface area contributed by atoms with Crippen LogP contribution in [-0.4, -0.2) is 19.7 Å². The fourth-order valence-corrected chi connectivity index (χ4v) is 2.95. The molecule has 1 heterocycles. The van der Waals surface area contributed by atoms with Crippen molar-refractivity contribution in [3.63, 3.8) is 0 Å². The van der Waals surface area contributed by atoms with Crippen molar-refractivity contribution >= 4 is 30.5 Å². The second-order valence-corrected chi connectivity index (χ2v) is 5.93. The quantitative estimate of drug-likeness (QED) is 0.825. The Bertz CT molecular complexity index is 432. The number of hydrogen-bond acceptors (Lipinski definition) is 3. The third-order valence-corrected chi connectivity index (χ3v) is 4.55. The number of nitrogens with one attached hydrogen (secondary N) is 1. The Hall–Kier alpha value is -0.640. The molecule has 21 heavy (non-hydrogen) atoms. The first-order valence-corrected chi connectivity index (χ1v) is 7.56. The Morgan fingerprint density at radius 1 is 1.10 bits per heavy atom. The summed E-state index contributed by atoms with van der Waals surface area (Å²) in [4.78, 5) is 0. The van der Waals surface area contributed by atoms with Crippen molar-refractivity contribution in [1.82, 2.24) is 5.32 Å². The van der Waals surface area contributed by atoms with Crippen LogP contribution in [0.2, 0.25) is 0 Å². The molecule has 5 heteroatoms. The number of hydrogen-bond donors (Lipinski definition) is 2. The third kappa shape index (κ3) is 4.67. The van der Waals surface area contributed by atoms with E-state index in [0.717, 1.165) is 37.1 Å². The maximum atomic E-state index is 6.03. The largest absolute Gasteiger partial charge is 0.491 e. The van der Waals surface area contributed by atoms with Crippen LogP contribution >= 0.6 is 24.8 Å². The Kier molecular flexibility index (Phi) is 7.64. The molecule has 120 valence electrons. The van der Waals surface area contributed by atoms with Crippen LogP contribution in [0, 0.1) is 5.92 Å². The molecule has 1 aliphatic carbocycles. The molecule has 0 spiro atoms. The van der Waals surface area contributed by atoms with Crippen molar-refractivity contribution in [2.45, 2.75) is 38.0 Å². The summed E-state index contributed by atoms with van der Waals surface area (Å²) in [5.41, 5.74) is 8.19. The lowest BCUT2D eigenvalue weighted by Crippen LogP contribution is -2.26. The number of rotatable bonds is 4. The van der Waals surface area contributed by atoms with Crippen LogP contribution in [0.25, 0.3) is 0 Å². The molecular formula is C16H26Cl2N2O. The second kappa shape index (κ2) is 8.72. The number of nitrogen functional groups attached to an aromatic ring is 1. The summed E-state index contributed by atoms with van der Waals surface area (Å²) in [6.45, 7) is 3.07. The zero-order chi connectivity index (χ0) is 13.1. The molecule has 0 aromatic heterocycles. The maximum Gasteiger partial charge on any atom is 0.142 e. The van der Waals surface area contributed by atoms with Crippen molar-refractivity contribution in [1.29, 1.82) is 0 Å². The highest BCUT2D eigenvalue weighted by molar-refractivity contribution is 5.85. The van der Waals surface area contributed by atoms with Crippen LogP contribution in [0.4, 0.5) is 5.69 Å². The summed E-state index contributed by atoms with van der Waals surface area (Å²) < 4.78 is 5.93. The molecule has 1 saturated heterocycles. The molecule has 3 N–H and O–H groups in total. The van der Waals surface area contributed by atoms with Gasteiger partial charge in [0.05, 0.1) is 12.3 Å². The average Bonchev–Trinajstić information content (AvgIpc) is 2.40. The number of anilines is 1. The molecule has 0 unspecified atom stereocenters. The van der Waals surface area contributed by atoms with Gasteiger partial charge in [0.1, 0.15) is 5.75 Å². The van der Waals surface area contributed by atoms with Gasteiger partial charge in [0.2, 0.25) is 0 Å². The van der Waals surface area contributed by atoms with E-state index in [1.165, 1.54) is 37.7 Å². The highest BCUT2D eigenvalue weighted by atomic mass is 35.5. The summed E-state index contributed by atoms with van der Waals surface area (Å²) in [6.07, 6.45) is 6.42. The van der Waals surface area contributed by atoms with E-state index >= 15 is 0 Å². The van der Waals surface area contributed by atoms with Gasteiger partial charge in [0, 0.05) is 0 Å². The topological polar surface area (TPSA) is 47.3 Å². The van der Waals surface area contributed by atoms with Gasteiger partial charge < -0.3 is 15.8 Å². The highest BCUT2D eigenvalue weighted by Crippen LogP contribution is 2.33. The van der Waals surface area contributed by atoms with Gasteiger partial charge in [-0.05, 0) is 68.3 Å². The molecule has 3 nitrogen and oxygen atoms in total. The Balaban J connectivity index is 0.00000110. The lowest BCUT2D eigenvalue weighted by atomic mass is 9.86. The van der Waals surface area contributed by atoms with Crippen LogP contribution in [0.3, 0.4) is 0 Å². The zero-order valence-corrected chi connectivity index (χ0v) is 14.0. The van der Waals surface area contributed by atoms with Crippen molar-refractivity contribution in [2.75, 3.05) is 25.4 Å². The van der Waals surface area contributed by atoms with Crippen LogP contribution in [0.5, 0.6) is 5.75 Å². The number of nitrogens with two attached hydrogens (primary N) is 1. The number of ether oxygens (including phenoxy) is 1. The van der Waals surface area contributed by atoms with Crippen LogP contribution < -0.4 is 15.8 Å². The summed E-state index contributed by atoms with van der Waals surface area (Å²) in [7, 11) is 0. The van der Waals surface area contributed by atoms with Crippen LogP contribution in [0.1, 0.15) is 43.6 Å². The minimum Gasteiger partial charge on any atom is -0.491 e. The molecule has 2 aliphatic rings. The monoisotopic (exact) mass is 332 g/mol. The Morgan fingerprint density at radius 2 is 1.81 bits per heavy atom. The van der Waals surface area contributed by atoms with E-state index in [1.54, 1.807) is 0 Å². The van der Waals surface area contributed by atoms with Crippen LogP contribution in [0.15, 0.2) is 18.2 Å². The van der Waals surface area contributed by atoms with Gasteiger partial charge in [-0.15, -0.1) is 24.8 Å². The standard InChI is InChI=1S/C16H24N2O.2ClH/c17-15-5-4-14(13-6-8-18-9-7-13)10-16(15)19-11-12-2-1-3-12;;/h4-5,10,12-13,18H,1-3,6-9,11,17H2;2*1H. The van der Waals surface area contributed by atoms with Crippen molar-refractivity contribution < 1.29 is 4.74 Å². The first-order chi connectivity index (χ1) is 9.33. The normalized spacial score (nSPS) is 19.0. The highest BCUT2D eigenvalue weighted by Gasteiger charge is 2.19. The smallest absolute Gasteiger partial charge is 0.142 e. The molecule has 0 atom stereocenters. The van der Waals surface area contributed by atoms with Gasteiger partial charge in [-0.25, -0.2) is 0 Å². The third-order valence-electron chi connectivity index (χ3n) is 4.55. The number of benzene rings is 1. The molecule has 0 amide bonds. The molecule has 0 bridgehead atoms. The summed E-state index contributed by atoms with van der Waals surface area (Å²) in [5.74, 6) is 2.30. The first-order valence-electron chi connectivity index (χ1n) is 7.56. The second-order valence-electron chi connectivity index (χ2n) is 5.93. The molecule has 1 aromatic rings. The molecular weight excluding hydrogens is 307 g/mol. The lowest BCUT2D eigenvalue weighted by molar-refractivity contribution is 0.181. The molecule has 1 aliphatic heterocycles. The van der Waals surface area contributed by atoms with Crippen molar-refractivity contribution in [3.8, 4) is 5.75 Å². The van der Waals surface area contributed by atoms with Crippen molar-refractivity contribution in [2.24, 2.45) is 5.92 Å². The maximum absolute atomic E-state index is 6.03. The zero-order valence-electron chi connectivity index (χ0n) is 12.3. The van der Waals surface area contributed by atoms with E-state index in [9.17, 15) is 0 Å². The average molecular weight is 333 g/mol. The van der Waals surface area contributed by atoms with E-state index in [-0.39, 0.29) is 24.8 Å². The molecule has 3 rings (SSSR count). The van der Waals surface area contributed by atoms with Gasteiger partial charge in [-0.3, -0.25) is 0 Å². The van der Waals surface area contributed by atoms with E-state index < -0.39 is 0 Å². The summed E-state index contributed by atoms with van der Waals surface area (Å²) in [5, 5.41) is 3.41. The van der Waals surface area contributed by atoms with Crippen LogP contribution in [-0.2, 0) is 0 Å². The van der Waals surface area contributed by atoms with E-state index in [4.69, 9.17) is 10.5 Å². The molecule has 2 fully saturated rings. The molecule has 1 saturated carbocycles. The number of halogens is 2. The van der Waals surface area contributed by atoms with Gasteiger partial charge in [0.25, 0.3) is 0 Å². The number of piperidine rings is 1. The van der Waals surface area contributed by atoms with Gasteiger partial charge in [0.15, 0.2) is 0 Å². The van der Waals surface area contributed by atoms with E-state index in [2.05, 4.69) is 17.4 Å². The van der Waals surface area contributed by atoms with E-state index in [0.29, 0.717) is 5.92 Å². The predicted molar refractivity (Wildman–Crippen MR) is 93.0 cm³/mol. The van der Waals surface area contributed by atoms with Crippen molar-refractivity contribution in [3.05, 3.63) is 23.8 Å². The van der Waals surface area contributed by atoms with Gasteiger partial charge in [-0.2, -0.15) is 0 Å². The van der Waals surface area contributed by atoms with E-state index in [1.807, 2.05) is 6.07 Å². The Labute approximate surface area is 139 Å². The summed E-state index contributed by atoms with van der Waals surface area (Å²) >= 11 is 0. The summed E-state index contributed by atoms with van der Waals surface area (Å²) in [6, 6.07) is 6.35. The molecule has 1 aromatic carbocycles. The minimum absolute atomic E-state index is 0. The minimum atomic E-state index is 0. The lowest BCUT2D eigenvalue weighted by Gasteiger charge is -2.26. The predicted octanol–water partition coefficient (Wildman–Crippen LogP) is 3.76. The SMILES string of the molecule is Cl.Cl.Nc1ccc(C2CCNCC2)cc1OCC1CCC1. The molecule has 0 radical (unpaired) electrons.